The van der Waals surface area contributed by atoms with Gasteiger partial charge < -0.3 is 5.32 Å². The van der Waals surface area contributed by atoms with Gasteiger partial charge in [0.2, 0.25) is 5.91 Å². The number of carbonyl (C=O) groups excluding carboxylic acids is 1. The fourth-order valence-electron chi connectivity index (χ4n) is 2.07. The minimum Gasteiger partial charge on any atom is -0.351 e. The van der Waals surface area contributed by atoms with Crippen LogP contribution in [0.3, 0.4) is 0 Å². The molecule has 0 aliphatic heterocycles. The van der Waals surface area contributed by atoms with E-state index in [-0.39, 0.29) is 34.9 Å². The first-order chi connectivity index (χ1) is 10.5. The Balaban J connectivity index is 2.02. The van der Waals surface area contributed by atoms with Crippen molar-refractivity contribution in [3.05, 3.63) is 47.0 Å². The molecule has 2 rings (SSSR count). The summed E-state index contributed by atoms with van der Waals surface area (Å²) in [7, 11) is 0. The molecule has 0 saturated carbocycles. The van der Waals surface area contributed by atoms with Gasteiger partial charge in [0, 0.05) is 16.8 Å². The molecule has 0 saturated heterocycles. The van der Waals surface area contributed by atoms with Crippen molar-refractivity contribution in [3.8, 4) is 0 Å². The lowest BCUT2D eigenvalue weighted by Crippen LogP contribution is -2.42. The van der Waals surface area contributed by atoms with Crippen LogP contribution >= 0.6 is 11.6 Å². The predicted molar refractivity (Wildman–Crippen MR) is 81.9 cm³/mol. The maximum atomic E-state index is 13.7. The van der Waals surface area contributed by atoms with Crippen LogP contribution in [0.15, 0.2) is 30.6 Å². The van der Waals surface area contributed by atoms with Crippen molar-refractivity contribution in [1.82, 2.24) is 20.3 Å². The second kappa shape index (κ2) is 7.35. The van der Waals surface area contributed by atoms with Gasteiger partial charge in [0.15, 0.2) is 0 Å². The van der Waals surface area contributed by atoms with Crippen molar-refractivity contribution in [1.29, 1.82) is 0 Å². The highest BCUT2D eigenvalue weighted by Gasteiger charge is 2.19. The lowest BCUT2D eigenvalue weighted by atomic mass is 10.0. The number of amides is 1. The summed E-state index contributed by atoms with van der Waals surface area (Å²) in [6, 6.07) is 4.26. The predicted octanol–water partition coefficient (Wildman–Crippen LogP) is 2.45. The third-order valence-electron chi connectivity index (χ3n) is 3.41. The lowest BCUT2D eigenvalue weighted by Gasteiger charge is -2.22. The van der Waals surface area contributed by atoms with Crippen molar-refractivity contribution in [2.24, 2.45) is 5.92 Å². The number of nitrogens with zero attached hydrogens (tertiary/aromatic N) is 3. The summed E-state index contributed by atoms with van der Waals surface area (Å²) in [5.74, 6) is -0.546. The number of benzene rings is 1. The molecule has 1 N–H and O–H groups in total. The van der Waals surface area contributed by atoms with E-state index in [2.05, 4.69) is 15.6 Å². The number of hydrogen-bond donors (Lipinski definition) is 1. The zero-order valence-corrected chi connectivity index (χ0v) is 13.2. The van der Waals surface area contributed by atoms with E-state index in [4.69, 9.17) is 11.6 Å². The summed E-state index contributed by atoms with van der Waals surface area (Å²) in [6.07, 6.45) is 3.22. The monoisotopic (exact) mass is 324 g/mol. The smallest absolute Gasteiger partial charge is 0.224 e. The minimum absolute atomic E-state index is 0.0912. The van der Waals surface area contributed by atoms with Gasteiger partial charge in [-0.25, -0.2) is 4.39 Å². The zero-order valence-electron chi connectivity index (χ0n) is 12.5. The van der Waals surface area contributed by atoms with Crippen molar-refractivity contribution < 1.29 is 9.18 Å². The van der Waals surface area contributed by atoms with E-state index >= 15 is 0 Å². The van der Waals surface area contributed by atoms with Gasteiger partial charge in [-0.15, -0.1) is 5.10 Å². The summed E-state index contributed by atoms with van der Waals surface area (Å²) in [5, 5.41) is 10.8. The molecule has 7 heteroatoms. The molecule has 1 atom stereocenters. The number of hydrogen-bond acceptors (Lipinski definition) is 3. The largest absolute Gasteiger partial charge is 0.351 e. The normalized spacial score (nSPS) is 12.4. The van der Waals surface area contributed by atoms with Gasteiger partial charge in [0.05, 0.1) is 25.2 Å². The third kappa shape index (κ3) is 4.27. The second-order valence-corrected chi connectivity index (χ2v) is 5.83. The van der Waals surface area contributed by atoms with Crippen molar-refractivity contribution in [2.45, 2.75) is 32.9 Å². The molecule has 2 aromatic rings. The van der Waals surface area contributed by atoms with Crippen LogP contribution in [-0.2, 0) is 17.8 Å². The van der Waals surface area contributed by atoms with Gasteiger partial charge in [0.1, 0.15) is 5.82 Å². The fraction of sp³-hybridized carbons (Fsp3) is 0.400. The summed E-state index contributed by atoms with van der Waals surface area (Å²) in [6.45, 7) is 4.50. The highest BCUT2D eigenvalue weighted by atomic mass is 35.5. The van der Waals surface area contributed by atoms with Crippen molar-refractivity contribution >= 4 is 17.5 Å². The van der Waals surface area contributed by atoms with Gasteiger partial charge in [0.25, 0.3) is 0 Å². The molecule has 0 fully saturated rings. The molecule has 22 heavy (non-hydrogen) atoms. The van der Waals surface area contributed by atoms with Gasteiger partial charge in [-0.3, -0.25) is 9.48 Å². The first-order valence-corrected chi connectivity index (χ1v) is 7.41. The highest BCUT2D eigenvalue weighted by Crippen LogP contribution is 2.19. The van der Waals surface area contributed by atoms with E-state index in [1.807, 2.05) is 13.8 Å². The molecular weight excluding hydrogens is 307 g/mol. The first-order valence-electron chi connectivity index (χ1n) is 7.03. The number of halogens is 2. The molecule has 1 aromatic heterocycles. The molecule has 0 bridgehead atoms. The summed E-state index contributed by atoms with van der Waals surface area (Å²) < 4.78 is 15.4. The summed E-state index contributed by atoms with van der Waals surface area (Å²) >= 11 is 5.95. The molecule has 0 radical (unpaired) electrons. The van der Waals surface area contributed by atoms with Crippen LogP contribution in [0, 0.1) is 11.7 Å². The van der Waals surface area contributed by atoms with E-state index in [1.165, 1.54) is 12.1 Å². The number of nitrogens with one attached hydrogen (secondary N) is 1. The number of rotatable bonds is 6. The molecule has 1 unspecified atom stereocenters. The maximum Gasteiger partial charge on any atom is 0.224 e. The average Bonchev–Trinajstić information content (AvgIpc) is 2.95. The van der Waals surface area contributed by atoms with Crippen molar-refractivity contribution in [2.75, 3.05) is 0 Å². The lowest BCUT2D eigenvalue weighted by molar-refractivity contribution is -0.121. The molecule has 0 aliphatic carbocycles. The molecule has 0 spiro atoms. The van der Waals surface area contributed by atoms with Gasteiger partial charge in [-0.2, -0.15) is 0 Å². The number of carbonyl (C=O) groups is 1. The van der Waals surface area contributed by atoms with E-state index in [1.54, 1.807) is 23.1 Å². The van der Waals surface area contributed by atoms with Gasteiger partial charge in [-0.1, -0.05) is 36.7 Å². The Hall–Kier alpha value is -1.95. The highest BCUT2D eigenvalue weighted by molar-refractivity contribution is 6.31. The average molecular weight is 325 g/mol. The Morgan fingerprint density at radius 2 is 2.23 bits per heavy atom. The van der Waals surface area contributed by atoms with Gasteiger partial charge in [-0.05, 0) is 18.1 Å². The van der Waals surface area contributed by atoms with E-state index in [9.17, 15) is 9.18 Å². The fourth-order valence-corrected chi connectivity index (χ4v) is 2.30. The SMILES string of the molecule is CC(C)C(Cn1ccnn1)NC(=O)Cc1c(F)cccc1Cl. The standard InChI is InChI=1S/C15H18ClFN4O/c1-10(2)14(9-21-7-6-18-20-21)19-15(22)8-11-12(16)4-3-5-13(11)17/h3-7,10,14H,8-9H2,1-2H3,(H,19,22). The third-order valence-corrected chi connectivity index (χ3v) is 3.76. The van der Waals surface area contributed by atoms with Crippen molar-refractivity contribution in [3.63, 3.8) is 0 Å². The Morgan fingerprint density at radius 3 is 2.82 bits per heavy atom. The summed E-state index contributed by atoms with van der Waals surface area (Å²) in [5.41, 5.74) is 0.213. The Morgan fingerprint density at radius 1 is 1.45 bits per heavy atom. The van der Waals surface area contributed by atoms with E-state index < -0.39 is 5.82 Å². The quantitative estimate of drug-likeness (QED) is 0.888. The molecule has 0 aliphatic rings. The Kier molecular flexibility index (Phi) is 5.49. The van der Waals surface area contributed by atoms with Crippen LogP contribution in [0.1, 0.15) is 19.4 Å². The zero-order chi connectivity index (χ0) is 16.1. The van der Waals surface area contributed by atoms with Crippen LogP contribution in [-0.4, -0.2) is 26.9 Å². The minimum atomic E-state index is -0.472. The summed E-state index contributed by atoms with van der Waals surface area (Å²) in [4.78, 5) is 12.2. The van der Waals surface area contributed by atoms with E-state index in [0.717, 1.165) is 0 Å². The maximum absolute atomic E-state index is 13.7. The van der Waals surface area contributed by atoms with Gasteiger partial charge >= 0.3 is 0 Å². The molecule has 1 amide bonds. The first kappa shape index (κ1) is 16.4. The topological polar surface area (TPSA) is 59.8 Å². The van der Waals surface area contributed by atoms with Crippen LogP contribution in [0.2, 0.25) is 5.02 Å². The Bertz CT molecular complexity index is 610. The molecule has 1 heterocycles. The van der Waals surface area contributed by atoms with Crippen LogP contribution in [0.25, 0.3) is 0 Å². The van der Waals surface area contributed by atoms with Crippen LogP contribution in [0.5, 0.6) is 0 Å². The molecular formula is C15H18ClFN4O. The second-order valence-electron chi connectivity index (χ2n) is 5.42. The molecule has 1 aromatic carbocycles. The Labute approximate surface area is 133 Å². The molecule has 5 nitrogen and oxygen atoms in total. The number of aromatic nitrogens is 3. The van der Waals surface area contributed by atoms with Crippen LogP contribution in [0.4, 0.5) is 4.39 Å². The van der Waals surface area contributed by atoms with Crippen LogP contribution < -0.4 is 5.32 Å². The molecule has 118 valence electrons. The van der Waals surface area contributed by atoms with E-state index in [0.29, 0.717) is 6.54 Å².